The highest BCUT2D eigenvalue weighted by molar-refractivity contribution is 6.22. The summed E-state index contributed by atoms with van der Waals surface area (Å²) in [5, 5.41) is -0.0779. The summed E-state index contributed by atoms with van der Waals surface area (Å²) in [4.78, 5) is 22.2. The van der Waals surface area contributed by atoms with Gasteiger partial charge in [0.05, 0.1) is 34.8 Å². The Labute approximate surface area is 110 Å². The fourth-order valence-electron chi connectivity index (χ4n) is 2.14. The molecule has 1 saturated heterocycles. The molecule has 2 heterocycles. The highest BCUT2D eigenvalue weighted by atomic mass is 35.5. The highest BCUT2D eigenvalue weighted by Crippen LogP contribution is 2.18. The van der Waals surface area contributed by atoms with Crippen molar-refractivity contribution in [2.75, 3.05) is 6.54 Å². The number of benzene rings is 1. The summed E-state index contributed by atoms with van der Waals surface area (Å²) in [7, 11) is 0. The van der Waals surface area contributed by atoms with Crippen molar-refractivity contribution in [2.45, 2.75) is 18.3 Å². The average molecular weight is 262 g/mol. The van der Waals surface area contributed by atoms with Crippen molar-refractivity contribution in [2.24, 2.45) is 0 Å². The van der Waals surface area contributed by atoms with E-state index in [2.05, 4.69) is 9.97 Å². The minimum absolute atomic E-state index is 0.0779. The fraction of sp³-hybridized carbons (Fsp3) is 0.308. The largest absolute Gasteiger partial charge is 0.335 e. The number of rotatable bonds is 2. The number of hydrogen-bond donors (Lipinski definition) is 0. The van der Waals surface area contributed by atoms with E-state index in [1.165, 1.54) is 0 Å². The van der Waals surface area contributed by atoms with Gasteiger partial charge in [-0.15, -0.1) is 11.6 Å². The van der Waals surface area contributed by atoms with Gasteiger partial charge in [-0.25, -0.2) is 4.98 Å². The Bertz CT molecular complexity index is 602. The van der Waals surface area contributed by atoms with E-state index in [9.17, 15) is 4.79 Å². The van der Waals surface area contributed by atoms with Gasteiger partial charge in [-0.05, 0) is 12.1 Å². The van der Waals surface area contributed by atoms with Crippen LogP contribution in [0, 0.1) is 0 Å². The van der Waals surface area contributed by atoms with Gasteiger partial charge in [0.25, 0.3) is 0 Å². The zero-order valence-corrected chi connectivity index (χ0v) is 10.5. The number of para-hydroxylation sites is 2. The summed E-state index contributed by atoms with van der Waals surface area (Å²) >= 11 is 5.96. The van der Waals surface area contributed by atoms with Gasteiger partial charge in [0.15, 0.2) is 0 Å². The van der Waals surface area contributed by atoms with Gasteiger partial charge in [-0.2, -0.15) is 0 Å². The Kier molecular flexibility index (Phi) is 2.88. The normalized spacial score (nSPS) is 19.7. The molecule has 0 saturated carbocycles. The smallest absolute Gasteiger partial charge is 0.224 e. The summed E-state index contributed by atoms with van der Waals surface area (Å²) in [5.41, 5.74) is 2.51. The predicted octanol–water partition coefficient (Wildman–Crippen LogP) is 1.97. The first kappa shape index (κ1) is 11.4. The number of hydrogen-bond acceptors (Lipinski definition) is 3. The summed E-state index contributed by atoms with van der Waals surface area (Å²) in [5.74, 6) is 0.0879. The first-order chi connectivity index (χ1) is 8.72. The molecule has 0 spiro atoms. The van der Waals surface area contributed by atoms with Gasteiger partial charge in [-0.3, -0.25) is 9.78 Å². The van der Waals surface area contributed by atoms with Crippen molar-refractivity contribution >= 4 is 28.5 Å². The van der Waals surface area contributed by atoms with Crippen LogP contribution >= 0.6 is 11.6 Å². The molecule has 2 aromatic rings. The van der Waals surface area contributed by atoms with Crippen molar-refractivity contribution in [3.8, 4) is 0 Å². The molecule has 0 aliphatic carbocycles. The summed E-state index contributed by atoms with van der Waals surface area (Å²) < 4.78 is 0. The molecule has 0 radical (unpaired) electrons. The van der Waals surface area contributed by atoms with Gasteiger partial charge < -0.3 is 4.90 Å². The zero-order valence-electron chi connectivity index (χ0n) is 9.71. The van der Waals surface area contributed by atoms with Crippen LogP contribution in [-0.4, -0.2) is 32.7 Å². The second kappa shape index (κ2) is 4.53. The minimum Gasteiger partial charge on any atom is -0.335 e. The third kappa shape index (κ3) is 2.16. The monoisotopic (exact) mass is 261 g/mol. The van der Waals surface area contributed by atoms with E-state index in [1.54, 1.807) is 11.1 Å². The molecule has 92 valence electrons. The molecule has 1 amide bonds. The lowest BCUT2D eigenvalue weighted by Gasteiger charge is -2.14. The number of carbonyl (C=O) groups is 1. The van der Waals surface area contributed by atoms with Crippen LogP contribution in [0.5, 0.6) is 0 Å². The Balaban J connectivity index is 1.84. The summed E-state index contributed by atoms with van der Waals surface area (Å²) in [6.45, 7) is 1.08. The number of aromatic nitrogens is 2. The molecule has 0 N–H and O–H groups in total. The fourth-order valence-corrected chi connectivity index (χ4v) is 2.44. The molecule has 18 heavy (non-hydrogen) atoms. The number of nitrogens with zero attached hydrogens (tertiary/aromatic N) is 3. The van der Waals surface area contributed by atoms with Crippen LogP contribution in [0.1, 0.15) is 12.1 Å². The molecule has 0 bridgehead atoms. The Morgan fingerprint density at radius 2 is 2.11 bits per heavy atom. The van der Waals surface area contributed by atoms with E-state index < -0.39 is 0 Å². The second-order valence-electron chi connectivity index (χ2n) is 4.43. The molecule has 1 unspecified atom stereocenters. The zero-order chi connectivity index (χ0) is 12.5. The van der Waals surface area contributed by atoms with Crippen LogP contribution in [0.15, 0.2) is 30.5 Å². The van der Waals surface area contributed by atoms with E-state index in [4.69, 9.17) is 11.6 Å². The van der Waals surface area contributed by atoms with Crippen LogP contribution in [-0.2, 0) is 11.3 Å². The Morgan fingerprint density at radius 3 is 2.83 bits per heavy atom. The third-order valence-electron chi connectivity index (χ3n) is 3.02. The standard InChI is InChI=1S/C13H12ClN3O/c14-9-5-13(18)17(7-9)8-10-6-15-11-3-1-2-4-12(11)16-10/h1-4,6,9H,5,7-8H2. The minimum atomic E-state index is -0.0779. The molecule has 1 aliphatic rings. The van der Waals surface area contributed by atoms with Crippen LogP contribution in [0.3, 0.4) is 0 Å². The quantitative estimate of drug-likeness (QED) is 0.777. The Hall–Kier alpha value is -1.68. The van der Waals surface area contributed by atoms with Gasteiger partial charge in [0, 0.05) is 13.0 Å². The van der Waals surface area contributed by atoms with Crippen molar-refractivity contribution in [1.82, 2.24) is 14.9 Å². The summed E-state index contributed by atoms with van der Waals surface area (Å²) in [6.07, 6.45) is 2.14. The van der Waals surface area contributed by atoms with Crippen molar-refractivity contribution in [1.29, 1.82) is 0 Å². The first-order valence-corrected chi connectivity index (χ1v) is 6.28. The highest BCUT2D eigenvalue weighted by Gasteiger charge is 2.28. The lowest BCUT2D eigenvalue weighted by molar-refractivity contribution is -0.128. The van der Waals surface area contributed by atoms with E-state index >= 15 is 0 Å². The van der Waals surface area contributed by atoms with Crippen molar-refractivity contribution in [3.63, 3.8) is 0 Å². The van der Waals surface area contributed by atoms with Crippen molar-refractivity contribution in [3.05, 3.63) is 36.2 Å². The first-order valence-electron chi connectivity index (χ1n) is 5.85. The number of alkyl halides is 1. The van der Waals surface area contributed by atoms with Crippen LogP contribution in [0.25, 0.3) is 11.0 Å². The van der Waals surface area contributed by atoms with Crippen molar-refractivity contribution < 1.29 is 4.79 Å². The molecule has 5 heteroatoms. The van der Waals surface area contributed by atoms with Gasteiger partial charge in [-0.1, -0.05) is 12.1 Å². The van der Waals surface area contributed by atoms with Gasteiger partial charge in [0.1, 0.15) is 0 Å². The van der Waals surface area contributed by atoms with Gasteiger partial charge >= 0.3 is 0 Å². The number of amides is 1. The Morgan fingerprint density at radius 1 is 1.33 bits per heavy atom. The molecule has 3 rings (SSSR count). The molecule has 4 nitrogen and oxygen atoms in total. The third-order valence-corrected chi connectivity index (χ3v) is 3.31. The van der Waals surface area contributed by atoms with Crippen LogP contribution < -0.4 is 0 Å². The second-order valence-corrected chi connectivity index (χ2v) is 5.04. The van der Waals surface area contributed by atoms with E-state index in [1.807, 2.05) is 24.3 Å². The lowest BCUT2D eigenvalue weighted by atomic mass is 10.3. The maximum atomic E-state index is 11.6. The van der Waals surface area contributed by atoms with Crippen LogP contribution in [0.4, 0.5) is 0 Å². The molecule has 1 aromatic carbocycles. The summed E-state index contributed by atoms with van der Waals surface area (Å²) in [6, 6.07) is 7.69. The number of fused-ring (bicyclic) bond motifs is 1. The SMILES string of the molecule is O=C1CC(Cl)CN1Cc1cnc2ccccc2n1. The number of likely N-dealkylation sites (tertiary alicyclic amines) is 1. The number of halogens is 1. The molecule has 1 atom stereocenters. The molecule has 1 aromatic heterocycles. The van der Waals surface area contributed by atoms with Crippen LogP contribution in [0.2, 0.25) is 0 Å². The van der Waals surface area contributed by atoms with Gasteiger partial charge in [0.2, 0.25) is 5.91 Å². The number of carbonyl (C=O) groups excluding carboxylic acids is 1. The van der Waals surface area contributed by atoms with E-state index in [0.29, 0.717) is 19.5 Å². The molecular weight excluding hydrogens is 250 g/mol. The maximum absolute atomic E-state index is 11.6. The topological polar surface area (TPSA) is 46.1 Å². The average Bonchev–Trinajstić information content (AvgIpc) is 2.68. The molecular formula is C13H12ClN3O. The lowest BCUT2D eigenvalue weighted by Crippen LogP contribution is -2.25. The van der Waals surface area contributed by atoms with E-state index in [-0.39, 0.29) is 11.3 Å². The van der Waals surface area contributed by atoms with E-state index in [0.717, 1.165) is 16.7 Å². The molecule has 1 aliphatic heterocycles. The predicted molar refractivity (Wildman–Crippen MR) is 69.2 cm³/mol. The molecule has 1 fully saturated rings. The maximum Gasteiger partial charge on any atom is 0.224 e.